The van der Waals surface area contributed by atoms with E-state index in [0.717, 1.165) is 28.1 Å². The van der Waals surface area contributed by atoms with Gasteiger partial charge in [0.25, 0.3) is 0 Å². The number of benzene rings is 2. The molecule has 3 aromatic rings. The molecule has 0 unspecified atom stereocenters. The Labute approximate surface area is 179 Å². The molecule has 2 aromatic carbocycles. The van der Waals surface area contributed by atoms with Crippen molar-refractivity contribution in [3.8, 4) is 17.0 Å². The molecular formula is C22H24N4O3S. The minimum atomic E-state index is -0.301. The van der Waals surface area contributed by atoms with Gasteiger partial charge in [0.1, 0.15) is 5.75 Å². The minimum absolute atomic E-state index is 0.0720. The molecule has 3 N–H and O–H groups in total. The predicted octanol–water partition coefficient (Wildman–Crippen LogP) is 3.82. The lowest BCUT2D eigenvalue weighted by molar-refractivity contribution is -0.119. The van der Waals surface area contributed by atoms with Crippen LogP contribution in [0.2, 0.25) is 0 Å². The number of nitrogens with one attached hydrogen (secondary N) is 3. The first kappa shape index (κ1) is 21.3. The highest BCUT2D eigenvalue weighted by atomic mass is 32.1. The van der Waals surface area contributed by atoms with Gasteiger partial charge in [-0.2, -0.15) is 0 Å². The molecule has 0 fully saturated rings. The number of carbonyl (C=O) groups excluding carboxylic acids is 2. The van der Waals surface area contributed by atoms with Gasteiger partial charge >= 0.3 is 6.03 Å². The van der Waals surface area contributed by atoms with Crippen LogP contribution in [0.4, 0.5) is 9.93 Å². The lowest BCUT2D eigenvalue weighted by Crippen LogP contribution is -2.30. The maximum Gasteiger partial charge on any atom is 0.321 e. The van der Waals surface area contributed by atoms with E-state index in [2.05, 4.69) is 20.9 Å². The van der Waals surface area contributed by atoms with E-state index < -0.39 is 0 Å². The van der Waals surface area contributed by atoms with Crippen molar-refractivity contribution in [1.29, 1.82) is 0 Å². The first-order valence-corrected chi connectivity index (χ1v) is 10.4. The predicted molar refractivity (Wildman–Crippen MR) is 119 cm³/mol. The van der Waals surface area contributed by atoms with Crippen molar-refractivity contribution < 1.29 is 14.3 Å². The van der Waals surface area contributed by atoms with Crippen LogP contribution in [0.15, 0.2) is 53.9 Å². The number of amides is 3. The van der Waals surface area contributed by atoms with E-state index in [4.69, 9.17) is 4.74 Å². The van der Waals surface area contributed by atoms with Gasteiger partial charge in [-0.1, -0.05) is 36.4 Å². The molecule has 8 heteroatoms. The zero-order chi connectivity index (χ0) is 21.3. The van der Waals surface area contributed by atoms with Gasteiger partial charge in [0.05, 0.1) is 12.8 Å². The molecule has 1 aromatic heterocycles. The summed E-state index contributed by atoms with van der Waals surface area (Å²) in [6, 6.07) is 15.2. The molecular weight excluding hydrogens is 400 g/mol. The smallest absolute Gasteiger partial charge is 0.321 e. The summed E-state index contributed by atoms with van der Waals surface area (Å²) in [5, 5.41) is 10.8. The maximum atomic E-state index is 12.2. The van der Waals surface area contributed by atoms with Crippen molar-refractivity contribution in [3.63, 3.8) is 0 Å². The number of para-hydroxylation sites is 1. The summed E-state index contributed by atoms with van der Waals surface area (Å²) >= 11 is 1.36. The number of hydrogen-bond donors (Lipinski definition) is 3. The normalized spacial score (nSPS) is 10.3. The number of thiazole rings is 1. The van der Waals surface area contributed by atoms with Crippen LogP contribution in [-0.2, 0) is 17.8 Å². The Kier molecular flexibility index (Phi) is 7.40. The van der Waals surface area contributed by atoms with E-state index in [1.54, 1.807) is 7.11 Å². The van der Waals surface area contributed by atoms with Crippen LogP contribution in [-0.4, -0.2) is 30.6 Å². The molecule has 7 nitrogen and oxygen atoms in total. The summed E-state index contributed by atoms with van der Waals surface area (Å²) in [5.74, 6) is 0.738. The average Bonchev–Trinajstić information content (AvgIpc) is 3.21. The van der Waals surface area contributed by atoms with Crippen LogP contribution >= 0.6 is 11.3 Å². The second kappa shape index (κ2) is 10.4. The van der Waals surface area contributed by atoms with Gasteiger partial charge in [-0.25, -0.2) is 9.78 Å². The first-order chi connectivity index (χ1) is 14.5. The zero-order valence-corrected chi connectivity index (χ0v) is 17.7. The molecule has 30 heavy (non-hydrogen) atoms. The summed E-state index contributed by atoms with van der Waals surface area (Å²) in [7, 11) is 1.63. The van der Waals surface area contributed by atoms with Gasteiger partial charge in [-0.05, 0) is 29.7 Å². The van der Waals surface area contributed by atoms with Gasteiger partial charge in [-0.3, -0.25) is 10.1 Å². The molecule has 0 spiro atoms. The van der Waals surface area contributed by atoms with Gasteiger partial charge in [0.15, 0.2) is 5.13 Å². The maximum absolute atomic E-state index is 12.2. The number of hydrogen-bond acceptors (Lipinski definition) is 5. The van der Waals surface area contributed by atoms with Gasteiger partial charge in [0.2, 0.25) is 5.91 Å². The van der Waals surface area contributed by atoms with Crippen LogP contribution in [0.3, 0.4) is 0 Å². The largest absolute Gasteiger partial charge is 0.496 e. The van der Waals surface area contributed by atoms with Crippen LogP contribution in [0.1, 0.15) is 18.1 Å². The molecule has 0 aliphatic rings. The third-order valence-electron chi connectivity index (χ3n) is 4.36. The first-order valence-electron chi connectivity index (χ1n) is 9.51. The Bertz CT molecular complexity index is 1020. The van der Waals surface area contributed by atoms with Crippen LogP contribution < -0.4 is 20.7 Å². The van der Waals surface area contributed by atoms with E-state index in [9.17, 15) is 9.59 Å². The summed E-state index contributed by atoms with van der Waals surface area (Å²) in [6.45, 7) is 2.44. The fourth-order valence-corrected chi connectivity index (χ4v) is 3.61. The van der Waals surface area contributed by atoms with Crippen molar-refractivity contribution in [1.82, 2.24) is 15.6 Å². The minimum Gasteiger partial charge on any atom is -0.496 e. The molecule has 3 rings (SSSR count). The van der Waals surface area contributed by atoms with Crippen molar-refractivity contribution in [3.05, 3.63) is 65.0 Å². The number of carbonyl (C=O) groups is 2. The number of urea groups is 1. The van der Waals surface area contributed by atoms with E-state index in [1.807, 2.05) is 53.9 Å². The molecule has 0 saturated heterocycles. The monoisotopic (exact) mass is 424 g/mol. The third-order valence-corrected chi connectivity index (χ3v) is 5.12. The number of aromatic nitrogens is 1. The van der Waals surface area contributed by atoms with E-state index in [0.29, 0.717) is 24.6 Å². The summed E-state index contributed by atoms with van der Waals surface area (Å²) < 4.78 is 5.32. The Hall–Kier alpha value is -3.39. The average molecular weight is 425 g/mol. The molecule has 0 radical (unpaired) electrons. The van der Waals surface area contributed by atoms with Gasteiger partial charge in [-0.15, -0.1) is 11.3 Å². The number of methoxy groups -OCH3 is 1. The number of anilines is 1. The summed E-state index contributed by atoms with van der Waals surface area (Å²) in [6.07, 6.45) is 0.668. The SMILES string of the molecule is COc1ccccc1CCNC(=O)Nc1nc(-c2cccc(CNC(C)=O)c2)cs1. The fourth-order valence-electron chi connectivity index (χ4n) is 2.89. The Morgan fingerprint density at radius 2 is 1.93 bits per heavy atom. The fraction of sp³-hybridized carbons (Fsp3) is 0.227. The van der Waals surface area contributed by atoms with Crippen molar-refractivity contribution in [2.75, 3.05) is 19.0 Å². The van der Waals surface area contributed by atoms with Crippen molar-refractivity contribution in [2.45, 2.75) is 19.9 Å². The van der Waals surface area contributed by atoms with E-state index in [-0.39, 0.29) is 11.9 Å². The quantitative estimate of drug-likeness (QED) is 0.513. The van der Waals surface area contributed by atoms with Crippen molar-refractivity contribution >= 4 is 28.4 Å². The van der Waals surface area contributed by atoms with Gasteiger partial charge < -0.3 is 15.4 Å². The third kappa shape index (κ3) is 6.05. The van der Waals surface area contributed by atoms with E-state index >= 15 is 0 Å². The Balaban J connectivity index is 1.53. The molecule has 0 atom stereocenters. The molecule has 3 amide bonds. The van der Waals surface area contributed by atoms with Crippen LogP contribution in [0, 0.1) is 0 Å². The molecule has 0 bridgehead atoms. The molecule has 1 heterocycles. The summed E-state index contributed by atoms with van der Waals surface area (Å²) in [5.41, 5.74) is 3.73. The highest BCUT2D eigenvalue weighted by Gasteiger charge is 2.09. The highest BCUT2D eigenvalue weighted by Crippen LogP contribution is 2.25. The number of nitrogens with zero attached hydrogens (tertiary/aromatic N) is 1. The Morgan fingerprint density at radius 3 is 2.73 bits per heavy atom. The van der Waals surface area contributed by atoms with Gasteiger partial charge in [0, 0.05) is 31.0 Å². The lowest BCUT2D eigenvalue weighted by atomic mass is 10.1. The van der Waals surface area contributed by atoms with E-state index in [1.165, 1.54) is 18.3 Å². The molecule has 156 valence electrons. The second-order valence-corrected chi connectivity index (χ2v) is 7.45. The number of rotatable bonds is 8. The molecule has 0 aliphatic heterocycles. The summed E-state index contributed by atoms with van der Waals surface area (Å²) in [4.78, 5) is 27.8. The topological polar surface area (TPSA) is 92.3 Å². The van der Waals surface area contributed by atoms with Crippen LogP contribution in [0.25, 0.3) is 11.3 Å². The zero-order valence-electron chi connectivity index (χ0n) is 16.9. The Morgan fingerprint density at radius 1 is 1.10 bits per heavy atom. The lowest BCUT2D eigenvalue weighted by Gasteiger charge is -2.09. The highest BCUT2D eigenvalue weighted by molar-refractivity contribution is 7.14. The standard InChI is InChI=1S/C22H24N4O3S/c1-15(27)24-13-16-6-5-8-18(12-16)19-14-30-22(25-19)26-21(28)23-11-10-17-7-3-4-9-20(17)29-2/h3-9,12,14H,10-11,13H2,1-2H3,(H,24,27)(H2,23,25,26,28). The number of ether oxygens (including phenoxy) is 1. The molecule has 0 saturated carbocycles. The second-order valence-electron chi connectivity index (χ2n) is 6.59. The van der Waals surface area contributed by atoms with Crippen molar-refractivity contribution in [2.24, 2.45) is 0 Å². The molecule has 0 aliphatic carbocycles. The van der Waals surface area contributed by atoms with Crippen LogP contribution in [0.5, 0.6) is 5.75 Å².